The van der Waals surface area contributed by atoms with Gasteiger partial charge in [0.1, 0.15) is 24.0 Å². The maximum absolute atomic E-state index is 11.9. The van der Waals surface area contributed by atoms with Crippen molar-refractivity contribution >= 4 is 22.9 Å². The van der Waals surface area contributed by atoms with Crippen LogP contribution in [0.1, 0.15) is 12.5 Å². The van der Waals surface area contributed by atoms with Gasteiger partial charge < -0.3 is 14.0 Å². The molecule has 0 aliphatic carbocycles. The first-order valence-electron chi connectivity index (χ1n) is 8.77. The largest absolute Gasteiger partial charge is 0.492 e. The van der Waals surface area contributed by atoms with Gasteiger partial charge in [0.2, 0.25) is 0 Å². The Kier molecular flexibility index (Phi) is 5.91. The molecule has 1 aromatic heterocycles. The molecule has 0 saturated carbocycles. The number of rotatable bonds is 7. The van der Waals surface area contributed by atoms with Crippen molar-refractivity contribution in [3.63, 3.8) is 0 Å². The Morgan fingerprint density at radius 3 is 2.63 bits per heavy atom. The standard InChI is InChI=1S/C22H20N2O3/c1-2-26-22(25)17(15-23)14-18-16-24(21-11-7-6-10-20(18)21)12-13-27-19-8-4-3-5-9-19/h3-11,14,16H,2,12-13H2,1H3. The molecule has 3 aromatic rings. The zero-order valence-corrected chi connectivity index (χ0v) is 15.1. The second kappa shape index (κ2) is 8.72. The Morgan fingerprint density at radius 1 is 1.15 bits per heavy atom. The fourth-order valence-corrected chi connectivity index (χ4v) is 2.85. The third-order valence-electron chi connectivity index (χ3n) is 4.08. The number of fused-ring (bicyclic) bond motifs is 1. The molecule has 0 bridgehead atoms. The van der Waals surface area contributed by atoms with Gasteiger partial charge in [0.15, 0.2) is 0 Å². The second-order valence-electron chi connectivity index (χ2n) is 5.85. The van der Waals surface area contributed by atoms with Crippen LogP contribution in [0.25, 0.3) is 17.0 Å². The number of aromatic nitrogens is 1. The van der Waals surface area contributed by atoms with Crippen LogP contribution in [0.4, 0.5) is 0 Å². The van der Waals surface area contributed by atoms with Gasteiger partial charge in [-0.2, -0.15) is 5.26 Å². The molecular weight excluding hydrogens is 340 g/mol. The molecule has 5 nitrogen and oxygen atoms in total. The number of esters is 1. The fraction of sp³-hybridized carbons (Fsp3) is 0.182. The van der Waals surface area contributed by atoms with Gasteiger partial charge in [-0.15, -0.1) is 0 Å². The van der Waals surface area contributed by atoms with E-state index < -0.39 is 5.97 Å². The van der Waals surface area contributed by atoms with Crippen molar-refractivity contribution in [3.8, 4) is 11.8 Å². The summed E-state index contributed by atoms with van der Waals surface area (Å²) in [4.78, 5) is 11.9. The molecule has 0 saturated heterocycles. The van der Waals surface area contributed by atoms with Gasteiger partial charge in [-0.1, -0.05) is 36.4 Å². The number of ether oxygens (including phenoxy) is 2. The number of para-hydroxylation sites is 2. The van der Waals surface area contributed by atoms with E-state index in [0.717, 1.165) is 22.2 Å². The number of carbonyl (C=O) groups is 1. The number of hydrogen-bond acceptors (Lipinski definition) is 4. The minimum absolute atomic E-state index is 0.0136. The minimum atomic E-state index is -0.607. The molecule has 0 aliphatic rings. The average Bonchev–Trinajstić information content (AvgIpc) is 3.05. The predicted molar refractivity (Wildman–Crippen MR) is 104 cm³/mol. The van der Waals surface area contributed by atoms with E-state index in [1.54, 1.807) is 13.0 Å². The lowest BCUT2D eigenvalue weighted by atomic mass is 10.1. The zero-order valence-electron chi connectivity index (χ0n) is 15.1. The number of hydrogen-bond donors (Lipinski definition) is 0. The van der Waals surface area contributed by atoms with Crippen LogP contribution in [-0.2, 0) is 16.1 Å². The van der Waals surface area contributed by atoms with Crippen molar-refractivity contribution in [1.82, 2.24) is 4.57 Å². The Morgan fingerprint density at radius 2 is 1.89 bits per heavy atom. The third-order valence-corrected chi connectivity index (χ3v) is 4.08. The third kappa shape index (κ3) is 4.36. The first-order chi connectivity index (χ1) is 13.2. The molecule has 0 unspecified atom stereocenters. The van der Waals surface area contributed by atoms with Crippen LogP contribution in [0.5, 0.6) is 5.75 Å². The highest BCUT2D eigenvalue weighted by Crippen LogP contribution is 2.24. The summed E-state index contributed by atoms with van der Waals surface area (Å²) in [5, 5.41) is 10.3. The minimum Gasteiger partial charge on any atom is -0.492 e. The van der Waals surface area contributed by atoms with Gasteiger partial charge in [-0.05, 0) is 31.2 Å². The first kappa shape index (κ1) is 18.3. The van der Waals surface area contributed by atoms with Gasteiger partial charge in [0.05, 0.1) is 13.2 Å². The van der Waals surface area contributed by atoms with Crippen molar-refractivity contribution in [3.05, 3.63) is 71.9 Å². The summed E-state index contributed by atoms with van der Waals surface area (Å²) in [7, 11) is 0. The van der Waals surface area contributed by atoms with Gasteiger partial charge >= 0.3 is 5.97 Å². The lowest BCUT2D eigenvalue weighted by Crippen LogP contribution is -2.07. The number of nitrogens with zero attached hydrogens (tertiary/aromatic N) is 2. The predicted octanol–water partition coefficient (Wildman–Crippen LogP) is 4.19. The highest BCUT2D eigenvalue weighted by molar-refractivity contribution is 6.01. The molecule has 0 N–H and O–H groups in total. The average molecular weight is 360 g/mol. The van der Waals surface area contributed by atoms with E-state index in [2.05, 4.69) is 4.57 Å². The summed E-state index contributed by atoms with van der Waals surface area (Å²) < 4.78 is 12.8. The highest BCUT2D eigenvalue weighted by atomic mass is 16.5. The number of benzene rings is 2. The van der Waals surface area contributed by atoms with Crippen molar-refractivity contribution in [2.24, 2.45) is 0 Å². The molecule has 0 amide bonds. The SMILES string of the molecule is CCOC(=O)C(C#N)=Cc1cn(CCOc2ccccc2)c2ccccc12. The molecule has 0 aliphatic heterocycles. The lowest BCUT2D eigenvalue weighted by Gasteiger charge is -2.08. The Bertz CT molecular complexity index is 997. The monoisotopic (exact) mass is 360 g/mol. The van der Waals surface area contributed by atoms with Crippen LogP contribution >= 0.6 is 0 Å². The van der Waals surface area contributed by atoms with Crippen LogP contribution in [0.15, 0.2) is 66.4 Å². The summed E-state index contributed by atoms with van der Waals surface area (Å²) in [5.74, 6) is 0.215. The molecule has 5 heteroatoms. The smallest absolute Gasteiger partial charge is 0.348 e. The first-order valence-corrected chi connectivity index (χ1v) is 8.77. The van der Waals surface area contributed by atoms with Crippen LogP contribution < -0.4 is 4.74 Å². The van der Waals surface area contributed by atoms with Crippen molar-refractivity contribution in [2.75, 3.05) is 13.2 Å². The van der Waals surface area contributed by atoms with E-state index in [1.165, 1.54) is 0 Å². The van der Waals surface area contributed by atoms with E-state index in [9.17, 15) is 10.1 Å². The topological polar surface area (TPSA) is 64.2 Å². The molecule has 27 heavy (non-hydrogen) atoms. The van der Waals surface area contributed by atoms with Gasteiger partial charge in [-0.25, -0.2) is 4.79 Å². The highest BCUT2D eigenvalue weighted by Gasteiger charge is 2.13. The number of carbonyl (C=O) groups excluding carboxylic acids is 1. The molecule has 3 rings (SSSR count). The molecule has 0 spiro atoms. The van der Waals surface area contributed by atoms with E-state index in [4.69, 9.17) is 9.47 Å². The van der Waals surface area contributed by atoms with E-state index in [0.29, 0.717) is 13.2 Å². The molecule has 1 heterocycles. The fourth-order valence-electron chi connectivity index (χ4n) is 2.85. The van der Waals surface area contributed by atoms with Crippen molar-refractivity contribution in [1.29, 1.82) is 5.26 Å². The molecule has 2 aromatic carbocycles. The van der Waals surface area contributed by atoms with E-state index >= 15 is 0 Å². The summed E-state index contributed by atoms with van der Waals surface area (Å²) >= 11 is 0. The second-order valence-corrected chi connectivity index (χ2v) is 5.85. The molecule has 0 atom stereocenters. The van der Waals surface area contributed by atoms with Crippen LogP contribution in [0, 0.1) is 11.3 Å². The Balaban J connectivity index is 1.85. The summed E-state index contributed by atoms with van der Waals surface area (Å²) in [6, 6.07) is 19.4. The maximum Gasteiger partial charge on any atom is 0.348 e. The Hall–Kier alpha value is -3.52. The quantitative estimate of drug-likeness (QED) is 0.360. The van der Waals surface area contributed by atoms with Crippen LogP contribution in [0.2, 0.25) is 0 Å². The van der Waals surface area contributed by atoms with Gasteiger partial charge in [0.25, 0.3) is 0 Å². The summed E-state index contributed by atoms with van der Waals surface area (Å²) in [5.41, 5.74) is 1.80. The summed E-state index contributed by atoms with van der Waals surface area (Å²) in [6.07, 6.45) is 3.50. The maximum atomic E-state index is 11.9. The number of nitriles is 1. The molecular formula is C22H20N2O3. The van der Waals surface area contributed by atoms with E-state index in [1.807, 2.05) is 66.9 Å². The van der Waals surface area contributed by atoms with Gasteiger partial charge in [0, 0.05) is 22.7 Å². The molecule has 136 valence electrons. The molecule has 0 fully saturated rings. The normalized spacial score (nSPS) is 11.2. The van der Waals surface area contributed by atoms with Crippen LogP contribution in [-0.4, -0.2) is 23.8 Å². The lowest BCUT2D eigenvalue weighted by molar-refractivity contribution is -0.137. The van der Waals surface area contributed by atoms with E-state index in [-0.39, 0.29) is 12.2 Å². The van der Waals surface area contributed by atoms with Crippen molar-refractivity contribution < 1.29 is 14.3 Å². The zero-order chi connectivity index (χ0) is 19.1. The summed E-state index contributed by atoms with van der Waals surface area (Å²) in [6.45, 7) is 3.10. The van der Waals surface area contributed by atoms with Crippen LogP contribution in [0.3, 0.4) is 0 Å². The molecule has 0 radical (unpaired) electrons. The Labute approximate surface area is 158 Å². The van der Waals surface area contributed by atoms with Crippen molar-refractivity contribution in [2.45, 2.75) is 13.5 Å². The van der Waals surface area contributed by atoms with Gasteiger partial charge in [-0.3, -0.25) is 0 Å².